The number of hydrogen-bond acceptors (Lipinski definition) is 2. The minimum Gasteiger partial charge on any atom is -0.357 e. The lowest BCUT2D eigenvalue weighted by atomic mass is 9.99. The van der Waals surface area contributed by atoms with Gasteiger partial charge in [-0.1, -0.05) is 0 Å². The summed E-state index contributed by atoms with van der Waals surface area (Å²) in [5.41, 5.74) is 1.27. The van der Waals surface area contributed by atoms with E-state index >= 15 is 0 Å². The van der Waals surface area contributed by atoms with Crippen LogP contribution in [0, 0.1) is 5.92 Å². The van der Waals surface area contributed by atoms with Gasteiger partial charge in [-0.3, -0.25) is 4.99 Å². The normalized spacial score (nSPS) is 20.9. The molecule has 5 nitrogen and oxygen atoms in total. The van der Waals surface area contributed by atoms with Crippen molar-refractivity contribution in [1.82, 2.24) is 20.1 Å². The molecule has 0 aromatic carbocycles. The van der Waals surface area contributed by atoms with Gasteiger partial charge in [0.15, 0.2) is 5.96 Å². The van der Waals surface area contributed by atoms with Gasteiger partial charge in [-0.25, -0.2) is 0 Å². The molecule has 1 saturated heterocycles. The summed E-state index contributed by atoms with van der Waals surface area (Å²) in [6.45, 7) is 4.23. The van der Waals surface area contributed by atoms with E-state index in [1.54, 1.807) is 0 Å². The molecule has 2 heterocycles. The van der Waals surface area contributed by atoms with E-state index in [1.165, 1.54) is 31.5 Å². The lowest BCUT2D eigenvalue weighted by Gasteiger charge is -2.30. The Kier molecular flexibility index (Phi) is 5.47. The number of aromatic nitrogens is 1. The summed E-state index contributed by atoms with van der Waals surface area (Å²) in [7, 11) is 6.07. The summed E-state index contributed by atoms with van der Waals surface area (Å²) in [5, 5.41) is 6.80. The molecule has 0 aliphatic carbocycles. The highest BCUT2D eigenvalue weighted by Crippen LogP contribution is 2.13. The van der Waals surface area contributed by atoms with E-state index in [0.29, 0.717) is 0 Å². The molecule has 1 aromatic rings. The Labute approximate surface area is 122 Å². The summed E-state index contributed by atoms with van der Waals surface area (Å²) in [6.07, 6.45) is 6.80. The van der Waals surface area contributed by atoms with Crippen LogP contribution in [0.25, 0.3) is 0 Å². The van der Waals surface area contributed by atoms with Gasteiger partial charge >= 0.3 is 0 Å². The first-order valence-electron chi connectivity index (χ1n) is 7.41. The first-order valence-corrected chi connectivity index (χ1v) is 7.41. The van der Waals surface area contributed by atoms with Crippen molar-refractivity contribution < 1.29 is 0 Å². The van der Waals surface area contributed by atoms with Crippen molar-refractivity contribution in [3.8, 4) is 0 Å². The maximum Gasteiger partial charge on any atom is 0.191 e. The molecule has 0 bridgehead atoms. The molecule has 1 fully saturated rings. The van der Waals surface area contributed by atoms with Crippen LogP contribution in [0.5, 0.6) is 0 Å². The molecule has 1 aliphatic heterocycles. The van der Waals surface area contributed by atoms with Gasteiger partial charge in [0.05, 0.1) is 0 Å². The van der Waals surface area contributed by atoms with E-state index in [4.69, 9.17) is 0 Å². The summed E-state index contributed by atoms with van der Waals surface area (Å²) in [6, 6.07) is 2.12. The molecular formula is C15H27N5. The predicted octanol–water partition coefficient (Wildman–Crippen LogP) is 1.03. The lowest BCUT2D eigenvalue weighted by molar-refractivity contribution is 0.210. The Morgan fingerprint density at radius 1 is 1.40 bits per heavy atom. The van der Waals surface area contributed by atoms with Crippen molar-refractivity contribution in [1.29, 1.82) is 0 Å². The number of piperidine rings is 1. The van der Waals surface area contributed by atoms with Crippen LogP contribution in [-0.4, -0.2) is 49.2 Å². The fourth-order valence-corrected chi connectivity index (χ4v) is 2.75. The fourth-order valence-electron chi connectivity index (χ4n) is 2.75. The molecular weight excluding hydrogens is 250 g/mol. The third-order valence-corrected chi connectivity index (χ3v) is 3.86. The predicted molar refractivity (Wildman–Crippen MR) is 83.8 cm³/mol. The third-order valence-electron chi connectivity index (χ3n) is 3.86. The van der Waals surface area contributed by atoms with Crippen molar-refractivity contribution in [3.63, 3.8) is 0 Å². The van der Waals surface area contributed by atoms with Gasteiger partial charge in [0.2, 0.25) is 0 Å². The Morgan fingerprint density at radius 3 is 2.90 bits per heavy atom. The maximum atomic E-state index is 4.29. The van der Waals surface area contributed by atoms with Crippen molar-refractivity contribution in [2.24, 2.45) is 18.0 Å². The zero-order valence-corrected chi connectivity index (χ0v) is 12.9. The number of nitrogens with one attached hydrogen (secondary N) is 2. The number of aliphatic imine (C=N–C) groups is 1. The maximum absolute atomic E-state index is 4.29. The topological polar surface area (TPSA) is 44.6 Å². The Bertz CT molecular complexity index is 437. The number of hydrogen-bond donors (Lipinski definition) is 2. The first kappa shape index (κ1) is 14.9. The van der Waals surface area contributed by atoms with Crippen molar-refractivity contribution in [2.45, 2.75) is 19.4 Å². The monoisotopic (exact) mass is 277 g/mol. The molecule has 1 atom stereocenters. The van der Waals surface area contributed by atoms with Gasteiger partial charge in [0.25, 0.3) is 0 Å². The average Bonchev–Trinajstić information content (AvgIpc) is 2.85. The highest BCUT2D eigenvalue weighted by Gasteiger charge is 2.17. The zero-order valence-electron chi connectivity index (χ0n) is 12.9. The average molecular weight is 277 g/mol. The van der Waals surface area contributed by atoms with Crippen LogP contribution in [0.15, 0.2) is 23.5 Å². The van der Waals surface area contributed by atoms with Crippen molar-refractivity contribution in [3.05, 3.63) is 24.0 Å². The Morgan fingerprint density at radius 2 is 2.25 bits per heavy atom. The second-order valence-corrected chi connectivity index (χ2v) is 5.76. The van der Waals surface area contributed by atoms with E-state index in [2.05, 4.69) is 50.6 Å². The van der Waals surface area contributed by atoms with Gasteiger partial charge in [0, 0.05) is 46.1 Å². The lowest BCUT2D eigenvalue weighted by Crippen LogP contribution is -2.43. The second kappa shape index (κ2) is 7.33. The van der Waals surface area contributed by atoms with E-state index < -0.39 is 0 Å². The van der Waals surface area contributed by atoms with E-state index in [1.807, 2.05) is 14.1 Å². The van der Waals surface area contributed by atoms with Crippen molar-refractivity contribution in [2.75, 3.05) is 33.7 Å². The smallest absolute Gasteiger partial charge is 0.191 e. The molecule has 1 aliphatic rings. The van der Waals surface area contributed by atoms with Gasteiger partial charge in [0.1, 0.15) is 0 Å². The molecule has 2 N–H and O–H groups in total. The molecule has 112 valence electrons. The highest BCUT2D eigenvalue weighted by atomic mass is 15.2. The Balaban J connectivity index is 1.72. The van der Waals surface area contributed by atoms with Crippen LogP contribution in [0.2, 0.25) is 0 Å². The third kappa shape index (κ3) is 4.56. The van der Waals surface area contributed by atoms with E-state index in [-0.39, 0.29) is 0 Å². The number of aryl methyl sites for hydroxylation is 1. The highest BCUT2D eigenvalue weighted by molar-refractivity contribution is 5.79. The molecule has 5 heteroatoms. The molecule has 0 saturated carbocycles. The van der Waals surface area contributed by atoms with Crippen LogP contribution in [0.4, 0.5) is 0 Å². The quantitative estimate of drug-likeness (QED) is 0.638. The number of rotatable bonds is 4. The molecule has 0 spiro atoms. The standard InChI is InChI=1S/C15H27N5/c1-16-15(18-10-14-6-8-20(3)12-14)17-9-13-5-4-7-19(2)11-13/h6,8,12-13H,4-5,7,9-11H2,1-3H3,(H2,16,17,18). The first-order chi connectivity index (χ1) is 9.67. The van der Waals surface area contributed by atoms with Crippen LogP contribution in [0.1, 0.15) is 18.4 Å². The Hall–Kier alpha value is -1.49. The van der Waals surface area contributed by atoms with Crippen LogP contribution in [-0.2, 0) is 13.6 Å². The second-order valence-electron chi connectivity index (χ2n) is 5.76. The van der Waals surface area contributed by atoms with Gasteiger partial charge < -0.3 is 20.1 Å². The summed E-state index contributed by atoms with van der Waals surface area (Å²) >= 11 is 0. The summed E-state index contributed by atoms with van der Waals surface area (Å²) in [5.74, 6) is 1.62. The van der Waals surface area contributed by atoms with Crippen LogP contribution in [0.3, 0.4) is 0 Å². The van der Waals surface area contributed by atoms with E-state index in [9.17, 15) is 0 Å². The van der Waals surface area contributed by atoms with Gasteiger partial charge in [-0.05, 0) is 44.0 Å². The molecule has 0 radical (unpaired) electrons. The zero-order chi connectivity index (χ0) is 14.4. The number of nitrogens with zero attached hydrogens (tertiary/aromatic N) is 3. The minimum atomic E-state index is 0.726. The summed E-state index contributed by atoms with van der Waals surface area (Å²) < 4.78 is 2.06. The minimum absolute atomic E-state index is 0.726. The molecule has 20 heavy (non-hydrogen) atoms. The molecule has 0 amide bonds. The fraction of sp³-hybridized carbons (Fsp3) is 0.667. The molecule has 1 unspecified atom stereocenters. The van der Waals surface area contributed by atoms with Gasteiger partial charge in [-0.2, -0.15) is 0 Å². The molecule has 1 aromatic heterocycles. The van der Waals surface area contributed by atoms with Crippen LogP contribution < -0.4 is 10.6 Å². The SMILES string of the molecule is CN=C(NCc1ccn(C)c1)NCC1CCCN(C)C1. The summed E-state index contributed by atoms with van der Waals surface area (Å²) in [4.78, 5) is 6.70. The number of guanidine groups is 1. The van der Waals surface area contributed by atoms with Gasteiger partial charge in [-0.15, -0.1) is 0 Å². The number of likely N-dealkylation sites (tertiary alicyclic amines) is 1. The van der Waals surface area contributed by atoms with E-state index in [0.717, 1.165) is 25.0 Å². The van der Waals surface area contributed by atoms with Crippen LogP contribution >= 0.6 is 0 Å². The molecule has 2 rings (SSSR count). The largest absolute Gasteiger partial charge is 0.357 e. The van der Waals surface area contributed by atoms with Crippen molar-refractivity contribution >= 4 is 5.96 Å².